The van der Waals surface area contributed by atoms with Gasteiger partial charge in [0.1, 0.15) is 5.76 Å². The Bertz CT molecular complexity index is 336. The van der Waals surface area contributed by atoms with Gasteiger partial charge in [0.25, 0.3) is 0 Å². The van der Waals surface area contributed by atoms with Crippen molar-refractivity contribution in [1.29, 1.82) is 0 Å². The van der Waals surface area contributed by atoms with Gasteiger partial charge in [0, 0.05) is 12.8 Å². The van der Waals surface area contributed by atoms with Gasteiger partial charge in [-0.1, -0.05) is 12.2 Å². The Morgan fingerprint density at radius 1 is 1.57 bits per heavy atom. The van der Waals surface area contributed by atoms with Gasteiger partial charge in [-0.2, -0.15) is 0 Å². The molecule has 1 fully saturated rings. The molecule has 0 spiro atoms. The predicted molar refractivity (Wildman–Crippen MR) is 51.4 cm³/mol. The van der Waals surface area contributed by atoms with Crippen molar-refractivity contribution in [2.75, 3.05) is 13.2 Å². The summed E-state index contributed by atoms with van der Waals surface area (Å²) in [6.45, 7) is 2.80. The number of ether oxygens (including phenoxy) is 2. The number of hydrogen-bond acceptors (Lipinski definition) is 3. The Kier molecular flexibility index (Phi) is 2.50. The molecule has 0 N–H and O–H groups in total. The van der Waals surface area contributed by atoms with Crippen LogP contribution in [0.3, 0.4) is 0 Å². The van der Waals surface area contributed by atoms with Crippen LogP contribution in [-0.2, 0) is 14.3 Å². The van der Waals surface area contributed by atoms with Crippen molar-refractivity contribution in [3.05, 3.63) is 35.6 Å². The number of rotatable bonds is 1. The van der Waals surface area contributed by atoms with Crippen molar-refractivity contribution >= 4 is 5.97 Å². The molecule has 2 aliphatic rings. The Morgan fingerprint density at radius 3 is 3.21 bits per heavy atom. The van der Waals surface area contributed by atoms with Gasteiger partial charge in [0.15, 0.2) is 0 Å². The van der Waals surface area contributed by atoms with E-state index in [0.717, 1.165) is 6.61 Å². The van der Waals surface area contributed by atoms with E-state index in [9.17, 15) is 4.79 Å². The smallest absolute Gasteiger partial charge is 0.308 e. The molecule has 0 radical (unpaired) electrons. The Balaban J connectivity index is 2.15. The second-order valence-electron chi connectivity index (χ2n) is 3.38. The first kappa shape index (κ1) is 9.21. The van der Waals surface area contributed by atoms with E-state index >= 15 is 0 Å². The topological polar surface area (TPSA) is 35.5 Å². The van der Waals surface area contributed by atoms with Crippen LogP contribution in [0.25, 0.3) is 0 Å². The molecule has 14 heavy (non-hydrogen) atoms. The van der Waals surface area contributed by atoms with E-state index in [1.165, 1.54) is 12.5 Å². The molecular formula is C11H12O3. The highest BCUT2D eigenvalue weighted by molar-refractivity contribution is 5.67. The molecule has 1 unspecified atom stereocenters. The first-order valence-electron chi connectivity index (χ1n) is 4.61. The van der Waals surface area contributed by atoms with Crippen LogP contribution >= 0.6 is 0 Å². The minimum atomic E-state index is -0.289. The van der Waals surface area contributed by atoms with Crippen LogP contribution in [-0.4, -0.2) is 19.2 Å². The second-order valence-corrected chi connectivity index (χ2v) is 3.38. The van der Waals surface area contributed by atoms with Crippen molar-refractivity contribution in [2.45, 2.75) is 6.92 Å². The van der Waals surface area contributed by atoms with E-state index in [1.54, 1.807) is 0 Å². The molecule has 0 aromatic rings. The molecular weight excluding hydrogens is 180 g/mol. The molecule has 1 aliphatic heterocycles. The Labute approximate surface area is 82.7 Å². The number of allylic oxidation sites excluding steroid dienone is 3. The van der Waals surface area contributed by atoms with Gasteiger partial charge in [0.05, 0.1) is 13.2 Å². The number of carbonyl (C=O) groups is 1. The van der Waals surface area contributed by atoms with E-state index < -0.39 is 0 Å². The maximum atomic E-state index is 10.7. The zero-order chi connectivity index (χ0) is 9.97. The molecule has 74 valence electrons. The fraction of sp³-hybridized carbons (Fsp3) is 0.364. The maximum Gasteiger partial charge on any atom is 0.308 e. The summed E-state index contributed by atoms with van der Waals surface area (Å²) in [4.78, 5) is 10.7. The molecule has 2 rings (SSSR count). The molecule has 1 heterocycles. The van der Waals surface area contributed by atoms with Crippen LogP contribution in [0.15, 0.2) is 35.6 Å². The third-order valence-electron chi connectivity index (χ3n) is 2.26. The highest BCUT2D eigenvalue weighted by atomic mass is 16.5. The average molecular weight is 192 g/mol. The van der Waals surface area contributed by atoms with Crippen molar-refractivity contribution in [3.63, 3.8) is 0 Å². The average Bonchev–Trinajstić information content (AvgIpc) is 2.50. The van der Waals surface area contributed by atoms with Gasteiger partial charge in [-0.15, -0.1) is 0 Å². The zero-order valence-corrected chi connectivity index (χ0v) is 8.03. The molecule has 0 aromatic heterocycles. The largest absolute Gasteiger partial charge is 0.427 e. The molecule has 1 aliphatic carbocycles. The lowest BCUT2D eigenvalue weighted by atomic mass is 10.0. The number of carbonyl (C=O) groups excluding carboxylic acids is 1. The standard InChI is InChI=1S/C11H12O3/c1-8(12)14-11-4-2-9-6-13-7-10(9)3-5-11/h2-5,9H,6-7H2,1H3. The van der Waals surface area contributed by atoms with Crippen molar-refractivity contribution < 1.29 is 14.3 Å². The van der Waals surface area contributed by atoms with Gasteiger partial charge in [-0.25, -0.2) is 0 Å². The quantitative estimate of drug-likeness (QED) is 0.592. The highest BCUT2D eigenvalue weighted by Gasteiger charge is 2.20. The van der Waals surface area contributed by atoms with Crippen LogP contribution < -0.4 is 0 Å². The van der Waals surface area contributed by atoms with E-state index in [-0.39, 0.29) is 5.97 Å². The van der Waals surface area contributed by atoms with Gasteiger partial charge in [-0.05, 0) is 17.7 Å². The molecule has 3 nitrogen and oxygen atoms in total. The minimum Gasteiger partial charge on any atom is -0.427 e. The molecule has 1 atom stereocenters. The summed E-state index contributed by atoms with van der Waals surface area (Å²) in [7, 11) is 0. The van der Waals surface area contributed by atoms with E-state index in [4.69, 9.17) is 9.47 Å². The second kappa shape index (κ2) is 3.80. The summed E-state index contributed by atoms with van der Waals surface area (Å²) in [6, 6.07) is 0. The maximum absolute atomic E-state index is 10.7. The first-order chi connectivity index (χ1) is 6.75. The summed E-state index contributed by atoms with van der Waals surface area (Å²) in [5.41, 5.74) is 1.24. The summed E-state index contributed by atoms with van der Waals surface area (Å²) in [6.07, 6.45) is 7.61. The third kappa shape index (κ3) is 1.93. The van der Waals surface area contributed by atoms with Crippen LogP contribution in [0.2, 0.25) is 0 Å². The molecule has 1 saturated heterocycles. The molecule has 0 amide bonds. The molecule has 0 bridgehead atoms. The van der Waals surface area contributed by atoms with Crippen molar-refractivity contribution in [2.24, 2.45) is 5.92 Å². The lowest BCUT2D eigenvalue weighted by Crippen LogP contribution is -1.97. The number of hydrogen-bond donors (Lipinski definition) is 0. The van der Waals surface area contributed by atoms with Crippen LogP contribution in [0.5, 0.6) is 0 Å². The zero-order valence-electron chi connectivity index (χ0n) is 8.03. The van der Waals surface area contributed by atoms with E-state index in [2.05, 4.69) is 0 Å². The monoisotopic (exact) mass is 192 g/mol. The third-order valence-corrected chi connectivity index (χ3v) is 2.26. The number of esters is 1. The molecule has 0 aromatic carbocycles. The predicted octanol–water partition coefficient (Wildman–Crippen LogP) is 1.58. The lowest BCUT2D eigenvalue weighted by molar-refractivity contribution is -0.136. The minimum absolute atomic E-state index is 0.289. The normalized spacial score (nSPS) is 24.8. The highest BCUT2D eigenvalue weighted by Crippen LogP contribution is 2.24. The molecule has 0 saturated carbocycles. The van der Waals surface area contributed by atoms with Gasteiger partial charge >= 0.3 is 5.97 Å². The molecule has 3 heteroatoms. The number of fused-ring (bicyclic) bond motifs is 1. The Morgan fingerprint density at radius 2 is 2.43 bits per heavy atom. The van der Waals surface area contributed by atoms with Gasteiger partial charge in [-0.3, -0.25) is 4.79 Å². The van der Waals surface area contributed by atoms with Crippen LogP contribution in [0.1, 0.15) is 6.92 Å². The summed E-state index contributed by atoms with van der Waals surface area (Å²) in [5, 5.41) is 0. The Hall–Kier alpha value is -1.35. The van der Waals surface area contributed by atoms with Crippen molar-refractivity contribution in [1.82, 2.24) is 0 Å². The van der Waals surface area contributed by atoms with Crippen molar-refractivity contribution in [3.8, 4) is 0 Å². The van der Waals surface area contributed by atoms with Crippen LogP contribution in [0, 0.1) is 5.92 Å². The van der Waals surface area contributed by atoms with Gasteiger partial charge in [0.2, 0.25) is 0 Å². The van der Waals surface area contributed by atoms with E-state index in [0.29, 0.717) is 18.3 Å². The first-order valence-corrected chi connectivity index (χ1v) is 4.61. The summed E-state index contributed by atoms with van der Waals surface area (Å²) < 4.78 is 10.3. The SMILES string of the molecule is CC(=O)OC1=CC=C2COCC2C=C1. The van der Waals surface area contributed by atoms with Crippen LogP contribution in [0.4, 0.5) is 0 Å². The van der Waals surface area contributed by atoms with E-state index in [1.807, 2.05) is 24.3 Å². The fourth-order valence-corrected chi connectivity index (χ4v) is 1.56. The fourth-order valence-electron chi connectivity index (χ4n) is 1.56. The summed E-state index contributed by atoms with van der Waals surface area (Å²) in [5.74, 6) is 0.654. The lowest BCUT2D eigenvalue weighted by Gasteiger charge is -2.00. The summed E-state index contributed by atoms with van der Waals surface area (Å²) >= 11 is 0. The van der Waals surface area contributed by atoms with Gasteiger partial charge < -0.3 is 9.47 Å².